The molecule has 12 nitrogen and oxygen atoms in total. The van der Waals surface area contributed by atoms with Gasteiger partial charge in [0.1, 0.15) is 5.56 Å². The average molecular weight is 557 g/mol. The van der Waals surface area contributed by atoms with Crippen LogP contribution in [0, 0.1) is 5.41 Å². The van der Waals surface area contributed by atoms with Gasteiger partial charge in [-0.15, -0.1) is 0 Å². The number of nitrogens with zero attached hydrogens (tertiary/aromatic N) is 5. The number of H-pyrrole nitrogens is 1. The SMILES string of the molecule is CN1C(=O)N(C)C(=O)C2(Cc3cc(N=Cc4c(O)n(Cc5ccccc5)c(=O)[nH]c4=O)ccc3N3CCC[C@@H]32)C1=O. The van der Waals surface area contributed by atoms with Crippen molar-refractivity contribution in [2.24, 2.45) is 10.4 Å². The molecule has 41 heavy (non-hydrogen) atoms. The molecule has 3 aliphatic rings. The van der Waals surface area contributed by atoms with E-state index in [-0.39, 0.29) is 24.6 Å². The summed E-state index contributed by atoms with van der Waals surface area (Å²) in [6.07, 6.45) is 2.73. The Morgan fingerprint density at radius 2 is 1.73 bits per heavy atom. The minimum absolute atomic E-state index is 0.0501. The molecule has 3 aromatic rings. The van der Waals surface area contributed by atoms with Gasteiger partial charge in [0.15, 0.2) is 5.41 Å². The molecule has 2 fully saturated rings. The van der Waals surface area contributed by atoms with Crippen LogP contribution >= 0.6 is 0 Å². The molecule has 1 atom stereocenters. The zero-order valence-corrected chi connectivity index (χ0v) is 22.5. The van der Waals surface area contributed by atoms with Crippen LogP contribution in [0.5, 0.6) is 5.88 Å². The number of fused-ring (bicyclic) bond motifs is 4. The van der Waals surface area contributed by atoms with E-state index in [9.17, 15) is 29.1 Å². The molecule has 0 aliphatic carbocycles. The number of aromatic hydroxyl groups is 1. The molecule has 0 saturated carbocycles. The smallest absolute Gasteiger partial charge is 0.332 e. The zero-order valence-electron chi connectivity index (χ0n) is 22.5. The van der Waals surface area contributed by atoms with E-state index in [2.05, 4.69) is 14.9 Å². The number of urea groups is 1. The number of aromatic amines is 1. The number of rotatable bonds is 4. The molecular formula is C29H28N6O6. The summed E-state index contributed by atoms with van der Waals surface area (Å²) in [5, 5.41) is 10.8. The summed E-state index contributed by atoms with van der Waals surface area (Å²) in [6.45, 7) is 0.713. The lowest BCUT2D eigenvalue weighted by molar-refractivity contribution is -0.159. The van der Waals surface area contributed by atoms with Crippen molar-refractivity contribution in [3.8, 4) is 5.88 Å². The number of benzene rings is 2. The van der Waals surface area contributed by atoms with Gasteiger partial charge in [0.05, 0.1) is 18.3 Å². The van der Waals surface area contributed by atoms with Crippen LogP contribution in [-0.2, 0) is 22.6 Å². The highest BCUT2D eigenvalue weighted by Gasteiger charge is 2.63. The summed E-state index contributed by atoms with van der Waals surface area (Å²) < 4.78 is 1.05. The molecule has 0 unspecified atom stereocenters. The predicted molar refractivity (Wildman–Crippen MR) is 150 cm³/mol. The summed E-state index contributed by atoms with van der Waals surface area (Å²) in [5.74, 6) is -1.55. The first-order valence-corrected chi connectivity index (χ1v) is 13.3. The summed E-state index contributed by atoms with van der Waals surface area (Å²) >= 11 is 0. The Balaban J connectivity index is 1.37. The summed E-state index contributed by atoms with van der Waals surface area (Å²) in [6, 6.07) is 13.4. The number of carbonyl (C=O) groups excluding carboxylic acids is 3. The molecule has 210 valence electrons. The minimum atomic E-state index is -1.44. The fourth-order valence-corrected chi connectivity index (χ4v) is 6.33. The van der Waals surface area contributed by atoms with Crippen molar-refractivity contribution in [3.63, 3.8) is 0 Å². The van der Waals surface area contributed by atoms with Gasteiger partial charge in [0.2, 0.25) is 17.7 Å². The molecule has 2 aromatic carbocycles. The Kier molecular flexibility index (Phi) is 6.13. The summed E-state index contributed by atoms with van der Waals surface area (Å²) in [7, 11) is 2.79. The molecule has 4 heterocycles. The number of barbiturate groups is 1. The van der Waals surface area contributed by atoms with Crippen molar-refractivity contribution in [1.29, 1.82) is 0 Å². The molecule has 1 spiro atoms. The Morgan fingerprint density at radius 1 is 1.02 bits per heavy atom. The average Bonchev–Trinajstić information content (AvgIpc) is 3.47. The lowest BCUT2D eigenvalue weighted by atomic mass is 9.68. The largest absolute Gasteiger partial charge is 0.494 e. The number of aliphatic imine (C=N–C) groups is 1. The van der Waals surface area contributed by atoms with Crippen LogP contribution in [-0.4, -0.2) is 75.2 Å². The first kappa shape index (κ1) is 26.2. The first-order chi connectivity index (χ1) is 19.6. The van der Waals surface area contributed by atoms with E-state index in [0.29, 0.717) is 24.2 Å². The van der Waals surface area contributed by atoms with Crippen molar-refractivity contribution in [3.05, 3.63) is 86.1 Å². The number of hydrogen-bond acceptors (Lipinski definition) is 8. The maximum Gasteiger partial charge on any atom is 0.332 e. The number of carbonyl (C=O) groups is 3. The van der Waals surface area contributed by atoms with Crippen LogP contribution in [0.25, 0.3) is 0 Å². The standard InChI is InChI=1S/C29H28N6O6/c1-32-25(38)29(26(39)33(2)28(32)41)14-18-13-19(10-11-21(18)34-12-6-9-22(29)34)30-15-20-23(36)31-27(40)35(24(20)37)16-17-7-4-3-5-8-17/h3-5,7-8,10-11,13,15,22,37H,6,9,12,14,16H2,1-2H3,(H,31,36,40)/t22-/m1/s1. The maximum atomic E-state index is 13.6. The van der Waals surface area contributed by atoms with E-state index in [1.807, 2.05) is 12.1 Å². The molecule has 6 rings (SSSR count). The number of hydrogen-bond donors (Lipinski definition) is 2. The second-order valence-corrected chi connectivity index (χ2v) is 10.6. The molecule has 3 aliphatic heterocycles. The van der Waals surface area contributed by atoms with Gasteiger partial charge in [-0.1, -0.05) is 30.3 Å². The normalized spacial score (nSPS) is 19.8. The van der Waals surface area contributed by atoms with E-state index in [0.717, 1.165) is 32.0 Å². The number of anilines is 1. The van der Waals surface area contributed by atoms with Crippen LogP contribution in [0.1, 0.15) is 29.5 Å². The lowest BCUT2D eigenvalue weighted by Gasteiger charge is -2.50. The van der Waals surface area contributed by atoms with Gasteiger partial charge in [0.25, 0.3) is 5.56 Å². The van der Waals surface area contributed by atoms with E-state index in [1.54, 1.807) is 36.4 Å². The van der Waals surface area contributed by atoms with E-state index in [1.165, 1.54) is 20.3 Å². The van der Waals surface area contributed by atoms with Crippen molar-refractivity contribution in [1.82, 2.24) is 19.4 Å². The Morgan fingerprint density at radius 3 is 2.44 bits per heavy atom. The highest BCUT2D eigenvalue weighted by atomic mass is 16.3. The molecular weight excluding hydrogens is 528 g/mol. The van der Waals surface area contributed by atoms with Gasteiger partial charge in [0, 0.05) is 32.5 Å². The topological polar surface area (TPSA) is 148 Å². The lowest BCUT2D eigenvalue weighted by Crippen LogP contribution is -2.70. The highest BCUT2D eigenvalue weighted by molar-refractivity contribution is 6.20. The Hall–Kier alpha value is -5.00. The molecule has 0 radical (unpaired) electrons. The molecule has 12 heteroatoms. The molecule has 0 bridgehead atoms. The monoisotopic (exact) mass is 556 g/mol. The van der Waals surface area contributed by atoms with E-state index in [4.69, 9.17) is 0 Å². The third-order valence-electron chi connectivity index (χ3n) is 8.34. The van der Waals surface area contributed by atoms with Gasteiger partial charge < -0.3 is 10.0 Å². The Bertz CT molecular complexity index is 1720. The van der Waals surface area contributed by atoms with E-state index >= 15 is 0 Å². The van der Waals surface area contributed by atoms with Gasteiger partial charge in [-0.05, 0) is 48.6 Å². The van der Waals surface area contributed by atoms with Crippen molar-refractivity contribution < 1.29 is 19.5 Å². The molecule has 1 aromatic heterocycles. The van der Waals surface area contributed by atoms with Crippen molar-refractivity contribution in [2.75, 3.05) is 25.5 Å². The summed E-state index contributed by atoms with van der Waals surface area (Å²) in [4.78, 5) is 75.4. The third-order valence-corrected chi connectivity index (χ3v) is 8.34. The Labute approximate surface area is 234 Å². The van der Waals surface area contributed by atoms with Gasteiger partial charge >= 0.3 is 11.7 Å². The fourth-order valence-electron chi connectivity index (χ4n) is 6.33. The van der Waals surface area contributed by atoms with E-state index < -0.39 is 40.4 Å². The first-order valence-electron chi connectivity index (χ1n) is 13.3. The summed E-state index contributed by atoms with van der Waals surface area (Å²) in [5.41, 5.74) is -0.382. The number of imide groups is 2. The second kappa shape index (κ2) is 9.58. The van der Waals surface area contributed by atoms with Crippen LogP contribution in [0.15, 0.2) is 63.1 Å². The van der Waals surface area contributed by atoms with Gasteiger partial charge in [-0.2, -0.15) is 0 Å². The van der Waals surface area contributed by atoms with Crippen molar-refractivity contribution >= 4 is 35.4 Å². The van der Waals surface area contributed by atoms with Gasteiger partial charge in [-0.3, -0.25) is 38.7 Å². The van der Waals surface area contributed by atoms with Crippen LogP contribution in [0.4, 0.5) is 16.2 Å². The minimum Gasteiger partial charge on any atom is -0.494 e. The van der Waals surface area contributed by atoms with Crippen LogP contribution in [0.3, 0.4) is 0 Å². The van der Waals surface area contributed by atoms with Gasteiger partial charge in [-0.25, -0.2) is 9.59 Å². The number of nitrogens with one attached hydrogen (secondary N) is 1. The molecule has 2 N–H and O–H groups in total. The number of amides is 4. The highest BCUT2D eigenvalue weighted by Crippen LogP contribution is 2.49. The van der Waals surface area contributed by atoms with Crippen LogP contribution < -0.4 is 16.1 Å². The molecule has 2 saturated heterocycles. The fraction of sp³-hybridized carbons (Fsp3) is 0.310. The molecule has 4 amide bonds. The maximum absolute atomic E-state index is 13.6. The third kappa shape index (κ3) is 3.97. The second-order valence-electron chi connectivity index (χ2n) is 10.6. The number of aromatic nitrogens is 2. The zero-order chi connectivity index (χ0) is 29.1. The van der Waals surface area contributed by atoms with Crippen LogP contribution in [0.2, 0.25) is 0 Å². The predicted octanol–water partition coefficient (Wildman–Crippen LogP) is 1.60. The quantitative estimate of drug-likeness (QED) is 0.366. The van der Waals surface area contributed by atoms with Crippen molar-refractivity contribution in [2.45, 2.75) is 31.8 Å².